The summed E-state index contributed by atoms with van der Waals surface area (Å²) in [4.78, 5) is 0. The van der Waals surface area contributed by atoms with Crippen LogP contribution in [0.15, 0.2) is 0 Å². The molecule has 0 unspecified atom stereocenters. The minimum atomic E-state index is 0.625. The Hall–Kier alpha value is 0.0400. The molecular formula is C9H16N2S2. The predicted octanol–water partition coefficient (Wildman–Crippen LogP) is 1.51. The molecule has 1 aliphatic heterocycles. The molecule has 0 atom stereocenters. The van der Waals surface area contributed by atoms with Crippen LogP contribution in [0.5, 0.6) is 0 Å². The summed E-state index contributed by atoms with van der Waals surface area (Å²) in [5, 5.41) is 7.59. The summed E-state index contributed by atoms with van der Waals surface area (Å²) in [6, 6.07) is 1.30. The van der Waals surface area contributed by atoms with Gasteiger partial charge in [0.05, 0.1) is 0 Å². The van der Waals surface area contributed by atoms with Crippen LogP contribution in [0, 0.1) is 0 Å². The van der Waals surface area contributed by atoms with Gasteiger partial charge in [0.25, 0.3) is 0 Å². The fourth-order valence-corrected chi connectivity index (χ4v) is 2.92. The first kappa shape index (κ1) is 9.59. The van der Waals surface area contributed by atoms with E-state index in [1.54, 1.807) is 0 Å². The van der Waals surface area contributed by atoms with Gasteiger partial charge in [0.15, 0.2) is 5.11 Å². The van der Waals surface area contributed by atoms with Gasteiger partial charge in [0, 0.05) is 12.1 Å². The smallest absolute Gasteiger partial charge is 0.166 e. The van der Waals surface area contributed by atoms with Gasteiger partial charge in [-0.2, -0.15) is 11.8 Å². The van der Waals surface area contributed by atoms with Crippen molar-refractivity contribution in [2.75, 3.05) is 11.5 Å². The highest BCUT2D eigenvalue weighted by Gasteiger charge is 2.23. The number of thioether (sulfide) groups is 1. The van der Waals surface area contributed by atoms with Crippen LogP contribution in [0.2, 0.25) is 0 Å². The summed E-state index contributed by atoms with van der Waals surface area (Å²) in [5.74, 6) is 2.56. The van der Waals surface area contributed by atoms with E-state index >= 15 is 0 Å². The monoisotopic (exact) mass is 216 g/mol. The molecule has 0 spiro atoms. The van der Waals surface area contributed by atoms with Crippen molar-refractivity contribution in [3.05, 3.63) is 0 Å². The molecule has 0 aromatic rings. The molecule has 1 heterocycles. The number of hydrogen-bond acceptors (Lipinski definition) is 2. The van der Waals surface area contributed by atoms with Crippen molar-refractivity contribution in [3.63, 3.8) is 0 Å². The maximum absolute atomic E-state index is 5.22. The zero-order valence-corrected chi connectivity index (χ0v) is 9.35. The summed E-state index contributed by atoms with van der Waals surface area (Å²) >= 11 is 7.27. The molecule has 2 fully saturated rings. The van der Waals surface area contributed by atoms with E-state index in [2.05, 4.69) is 10.6 Å². The number of nitrogens with one attached hydrogen (secondary N) is 2. The second-order valence-electron chi connectivity index (χ2n) is 3.78. The van der Waals surface area contributed by atoms with Gasteiger partial charge in [-0.05, 0) is 49.4 Å². The van der Waals surface area contributed by atoms with Gasteiger partial charge in [0.2, 0.25) is 0 Å². The number of thiocarbonyl (C=S) groups is 1. The van der Waals surface area contributed by atoms with Crippen LogP contribution in [-0.2, 0) is 0 Å². The standard InChI is InChI=1S/C9H16N2S2/c12-9(10-7-1-2-7)11-8-3-5-13-6-4-8/h7-8H,1-6H2,(H2,10,11,12). The average molecular weight is 216 g/mol. The van der Waals surface area contributed by atoms with Gasteiger partial charge in [-0.1, -0.05) is 0 Å². The SMILES string of the molecule is S=C(NC1CCSCC1)NC1CC1. The van der Waals surface area contributed by atoms with E-state index in [0.717, 1.165) is 5.11 Å². The molecule has 1 saturated heterocycles. The molecule has 1 aliphatic carbocycles. The van der Waals surface area contributed by atoms with Gasteiger partial charge < -0.3 is 10.6 Å². The Labute approximate surface area is 89.2 Å². The summed E-state index contributed by atoms with van der Waals surface area (Å²) < 4.78 is 0. The zero-order chi connectivity index (χ0) is 9.10. The normalized spacial score (nSPS) is 24.0. The maximum Gasteiger partial charge on any atom is 0.166 e. The van der Waals surface area contributed by atoms with Crippen molar-refractivity contribution in [1.29, 1.82) is 0 Å². The van der Waals surface area contributed by atoms with E-state index < -0.39 is 0 Å². The lowest BCUT2D eigenvalue weighted by Crippen LogP contribution is -2.44. The Morgan fingerprint density at radius 3 is 2.08 bits per heavy atom. The molecule has 13 heavy (non-hydrogen) atoms. The molecule has 0 aromatic heterocycles. The second-order valence-corrected chi connectivity index (χ2v) is 5.41. The lowest BCUT2D eigenvalue weighted by atomic mass is 10.2. The Bertz CT molecular complexity index is 186. The second kappa shape index (κ2) is 4.51. The Morgan fingerprint density at radius 1 is 1.00 bits per heavy atom. The first-order valence-electron chi connectivity index (χ1n) is 4.99. The maximum atomic E-state index is 5.22. The zero-order valence-electron chi connectivity index (χ0n) is 7.71. The Morgan fingerprint density at radius 2 is 1.54 bits per heavy atom. The molecule has 2 rings (SSSR count). The van der Waals surface area contributed by atoms with Crippen molar-refractivity contribution >= 4 is 29.1 Å². The van der Waals surface area contributed by atoms with Crippen LogP contribution < -0.4 is 10.6 Å². The van der Waals surface area contributed by atoms with Crippen LogP contribution in [0.1, 0.15) is 25.7 Å². The highest BCUT2D eigenvalue weighted by molar-refractivity contribution is 7.99. The van der Waals surface area contributed by atoms with E-state index in [1.807, 2.05) is 11.8 Å². The van der Waals surface area contributed by atoms with Crippen molar-refractivity contribution < 1.29 is 0 Å². The fraction of sp³-hybridized carbons (Fsp3) is 0.889. The van der Waals surface area contributed by atoms with E-state index in [1.165, 1.54) is 37.2 Å². The van der Waals surface area contributed by atoms with Crippen LogP contribution in [0.4, 0.5) is 0 Å². The molecule has 0 aromatic carbocycles. The lowest BCUT2D eigenvalue weighted by Gasteiger charge is -2.24. The molecule has 0 amide bonds. The molecule has 2 N–H and O–H groups in total. The van der Waals surface area contributed by atoms with Crippen molar-refractivity contribution in [1.82, 2.24) is 10.6 Å². The summed E-state index contributed by atoms with van der Waals surface area (Å²) in [7, 11) is 0. The van der Waals surface area contributed by atoms with E-state index in [9.17, 15) is 0 Å². The van der Waals surface area contributed by atoms with Crippen LogP contribution in [-0.4, -0.2) is 28.7 Å². The minimum Gasteiger partial charge on any atom is -0.360 e. The summed E-state index contributed by atoms with van der Waals surface area (Å²) in [6.07, 6.45) is 5.11. The number of rotatable bonds is 2. The third-order valence-corrected chi connectivity index (χ3v) is 3.75. The molecule has 0 radical (unpaired) electrons. The summed E-state index contributed by atoms with van der Waals surface area (Å²) in [5.41, 5.74) is 0. The van der Waals surface area contributed by atoms with E-state index in [0.29, 0.717) is 12.1 Å². The first-order valence-corrected chi connectivity index (χ1v) is 6.55. The molecular weight excluding hydrogens is 200 g/mol. The fourth-order valence-electron chi connectivity index (χ4n) is 1.48. The molecule has 1 saturated carbocycles. The van der Waals surface area contributed by atoms with Crippen molar-refractivity contribution in [2.24, 2.45) is 0 Å². The largest absolute Gasteiger partial charge is 0.360 e. The molecule has 2 nitrogen and oxygen atoms in total. The quantitative estimate of drug-likeness (QED) is 0.683. The first-order chi connectivity index (χ1) is 6.34. The van der Waals surface area contributed by atoms with Crippen molar-refractivity contribution in [2.45, 2.75) is 37.8 Å². The molecule has 4 heteroatoms. The number of hydrogen-bond donors (Lipinski definition) is 2. The lowest BCUT2D eigenvalue weighted by molar-refractivity contribution is 0.561. The van der Waals surface area contributed by atoms with E-state index in [4.69, 9.17) is 12.2 Å². The third kappa shape index (κ3) is 3.35. The van der Waals surface area contributed by atoms with Crippen LogP contribution >= 0.6 is 24.0 Å². The minimum absolute atomic E-state index is 0.625. The molecule has 0 bridgehead atoms. The third-order valence-electron chi connectivity index (χ3n) is 2.47. The van der Waals surface area contributed by atoms with Gasteiger partial charge >= 0.3 is 0 Å². The summed E-state index contributed by atoms with van der Waals surface area (Å²) in [6.45, 7) is 0. The van der Waals surface area contributed by atoms with E-state index in [-0.39, 0.29) is 0 Å². The van der Waals surface area contributed by atoms with Crippen LogP contribution in [0.3, 0.4) is 0 Å². The van der Waals surface area contributed by atoms with Gasteiger partial charge in [-0.25, -0.2) is 0 Å². The highest BCUT2D eigenvalue weighted by atomic mass is 32.2. The Kier molecular flexibility index (Phi) is 3.33. The molecule has 74 valence electrons. The van der Waals surface area contributed by atoms with Gasteiger partial charge in [0.1, 0.15) is 0 Å². The predicted molar refractivity (Wildman–Crippen MR) is 62.2 cm³/mol. The van der Waals surface area contributed by atoms with Gasteiger partial charge in [-0.3, -0.25) is 0 Å². The van der Waals surface area contributed by atoms with Crippen LogP contribution in [0.25, 0.3) is 0 Å². The molecule has 2 aliphatic rings. The van der Waals surface area contributed by atoms with Gasteiger partial charge in [-0.15, -0.1) is 0 Å². The average Bonchev–Trinajstić information content (AvgIpc) is 2.90. The highest BCUT2D eigenvalue weighted by Crippen LogP contribution is 2.19. The Balaban J connectivity index is 1.66. The topological polar surface area (TPSA) is 24.1 Å². The van der Waals surface area contributed by atoms with Crippen molar-refractivity contribution in [3.8, 4) is 0 Å².